The molecule has 0 saturated heterocycles. The van der Waals surface area contributed by atoms with E-state index in [9.17, 15) is 50.4 Å². The maximum Gasteiger partial charge on any atom is 0.316 e. The van der Waals surface area contributed by atoms with Crippen molar-refractivity contribution in [1.29, 1.82) is 0 Å². The molecule has 7 unspecified atom stereocenters. The SMILES string of the molecule is C.C.C=CCC(C)(C)C(CC(=O)OCC)NS(=O)C(C)(C)C.C=CCC(C)(C)C(N)CC(=O)OC.C=CCC(C)(C)C(N)CC(=O)OCC.C=CCC(C)(C)C=NS(=O)C(C)(C)C.CCOC(=O)CBr.CO.Cl.F.F.FF.FF.FF.FF.[C-]#[N+]c1cc(F)c(CC(CC(=O)OC)C(C)(C)CC=C)nc1Cl.[C-]#[N+]c1cc(F)c(CC(CC(=O)OCC)C(C)(C)CC=C)nc1Cl.[C-]#[N+]c1cc(F)c(Cl)nc1Cl.[Zn]. The largest absolute Gasteiger partial charge is 0.469 e. The first-order valence-corrected chi connectivity index (χ1v) is 46.4. The molecule has 0 radical (unpaired) electrons. The number of methoxy groups -OCH3 is 2. The van der Waals surface area contributed by atoms with Gasteiger partial charge in [-0.25, -0.2) is 55.8 Å². The van der Waals surface area contributed by atoms with Crippen LogP contribution in [0.1, 0.15) is 249 Å². The average molecular weight is 2310 g/mol. The van der Waals surface area contributed by atoms with Gasteiger partial charge >= 0.3 is 35.8 Å². The summed E-state index contributed by atoms with van der Waals surface area (Å²) >= 11 is 25.4. The zero-order valence-corrected chi connectivity index (χ0v) is 94.9. The fourth-order valence-electron chi connectivity index (χ4n) is 10.4. The zero-order valence-electron chi connectivity index (χ0n) is 84.9. The predicted octanol–water partition coefficient (Wildman–Crippen LogP) is 28.3. The molecule has 0 aliphatic carbocycles. The number of alkyl halides is 1. The molecule has 0 amide bonds. The summed E-state index contributed by atoms with van der Waals surface area (Å²) in [5.41, 5.74) is 10.9. The molecule has 0 aliphatic rings. The molecule has 0 bridgehead atoms. The third-order valence-corrected chi connectivity index (χ3v) is 23.4. The van der Waals surface area contributed by atoms with Gasteiger partial charge < -0.3 is 45.0 Å². The van der Waals surface area contributed by atoms with Crippen LogP contribution in [0.4, 0.5) is 76.2 Å². The second-order valence-corrected chi connectivity index (χ2v) is 40.4. The number of ether oxygens (including phenoxy) is 6. The number of halogens is 19. The molecule has 3 rings (SSSR count). The van der Waals surface area contributed by atoms with Crippen LogP contribution in [-0.4, -0.2) is 151 Å². The molecule has 7 atom stereocenters. The van der Waals surface area contributed by atoms with E-state index in [0.717, 1.165) is 51.0 Å². The van der Waals surface area contributed by atoms with E-state index in [1.807, 2.05) is 135 Å². The summed E-state index contributed by atoms with van der Waals surface area (Å²) in [4.78, 5) is 88.2. The number of nitrogens with two attached hydrogens (primary N) is 2. The molecule has 0 aliphatic heterocycles. The number of nitrogens with zero attached hydrogens (tertiary/aromatic N) is 7. The van der Waals surface area contributed by atoms with E-state index in [1.165, 1.54) is 14.2 Å². The Balaban J connectivity index is -0.0000000911. The van der Waals surface area contributed by atoms with Crippen molar-refractivity contribution in [3.8, 4) is 0 Å². The number of carbonyl (C=O) groups excluding carboxylic acids is 6. The summed E-state index contributed by atoms with van der Waals surface area (Å²) in [5, 5.41) is 6.84. The van der Waals surface area contributed by atoms with Gasteiger partial charge in [-0.2, -0.15) is 4.40 Å². The number of rotatable bonds is 40. The summed E-state index contributed by atoms with van der Waals surface area (Å²) < 4.78 is 164. The molecule has 3 heterocycles. The minimum Gasteiger partial charge on any atom is -0.469 e. The van der Waals surface area contributed by atoms with E-state index in [4.69, 9.17) is 138 Å². The molecule has 0 fully saturated rings. The summed E-state index contributed by atoms with van der Waals surface area (Å²) in [6.45, 7) is 86.9. The van der Waals surface area contributed by atoms with Gasteiger partial charge in [-0.15, -0.1) is 51.9 Å². The summed E-state index contributed by atoms with van der Waals surface area (Å²) in [6, 6.07) is 2.52. The number of aromatic nitrogens is 3. The van der Waals surface area contributed by atoms with Crippen molar-refractivity contribution >= 4 is 156 Å². The van der Waals surface area contributed by atoms with Crippen molar-refractivity contribution in [1.82, 2.24) is 19.7 Å². The van der Waals surface area contributed by atoms with Crippen LogP contribution >= 0.6 is 74.7 Å². The Hall–Kier alpha value is -7.37. The molecule has 3 aromatic rings. The zero-order chi connectivity index (χ0) is 109. The predicted molar refractivity (Wildman–Crippen MR) is 555 cm³/mol. The Morgan fingerprint density at radius 3 is 1.01 bits per heavy atom. The molecule has 0 spiro atoms. The number of carbonyl (C=O) groups is 6. The van der Waals surface area contributed by atoms with Crippen molar-refractivity contribution in [2.24, 2.45) is 60.2 Å². The molecular weight excluding hydrogens is 2150 g/mol. The minimum absolute atomic E-state index is 0. The monoisotopic (exact) mass is 2300 g/mol. The number of hydrogen-bond donors (Lipinski definition) is 4. The first-order chi connectivity index (χ1) is 63.0. The molecule has 3 aromatic heterocycles. The maximum atomic E-state index is 14.2. The number of esters is 6. The first-order valence-electron chi connectivity index (χ1n) is 41.6. The number of allylic oxidation sites excluding steroid dienone is 6. The van der Waals surface area contributed by atoms with Gasteiger partial charge in [0.15, 0.2) is 5.15 Å². The van der Waals surface area contributed by atoms with Crippen molar-refractivity contribution in [3.63, 3.8) is 0 Å². The van der Waals surface area contributed by atoms with E-state index >= 15 is 0 Å². The topological polar surface area (TPSA) is 340 Å². The third kappa shape index (κ3) is 80.8. The Morgan fingerprint density at radius 2 is 0.732 bits per heavy atom. The Bertz CT molecular complexity index is 4240. The van der Waals surface area contributed by atoms with Crippen molar-refractivity contribution in [3.05, 3.63) is 178 Å². The molecule has 822 valence electrons. The molecule has 47 heteroatoms. The van der Waals surface area contributed by atoms with Crippen LogP contribution in [0.5, 0.6) is 0 Å². The minimum atomic E-state index is -1.23. The second-order valence-electron chi connectivity index (χ2n) is 34.4. The van der Waals surface area contributed by atoms with Crippen LogP contribution in [0.2, 0.25) is 20.6 Å². The van der Waals surface area contributed by atoms with E-state index < -0.39 is 39.4 Å². The third-order valence-electron chi connectivity index (χ3n) is 18.8. The molecule has 0 aromatic carbocycles. The Labute approximate surface area is 888 Å². The van der Waals surface area contributed by atoms with Crippen molar-refractivity contribution in [2.45, 2.75) is 278 Å². The van der Waals surface area contributed by atoms with Crippen molar-refractivity contribution < 1.29 is 149 Å². The maximum absolute atomic E-state index is 14.2. The standard InChI is InChI=1S/C18H22ClFN2O2.C17H20ClFN2O2.C15H29NO3S.C11H21NO2.C11H21NOS.C10H19NO2.C6HCl2FN2.C4H7BrO2.CH4O.2CH4.ClH.4F2.2FH.Zn/c1-6-8-18(3,4)12(10-16(23)24-7-2)9-14-13(20)11-15(21-5)17(19)22-14;1-6-7-17(2,3)11(9-15(22)23-5)8-13-12(19)10-14(20-4)16(18)21-13;1-8-10-15(6,7)12(11-13(17)19-9-2)16-20(18)14(3,4)5;1-5-7-11(3,4)9(12)8-10(13)14-6-2;1-7-8-11(5,6)9-12-14(13)10(2,3)4;1-5-6-10(2,3)8(11)7-9(12)13-4;1-10-4-2-3(9)5(7)11-6(4)8;1-2-7-4(6)3-5;1-2;;;;4*1-2;;;/h6,11-12H,1,7-10H2,2-4H3;6,10-11H,1,7-9H2,2-3,5H3;8,12,16H,1,9-11H2,2-7H3;5,9H,1,6-8,12H2,2-4H3;7,9H,1,8H2,2-6H3;5,8H,1,6-7,11H2,2-4H3;2H;2-3H2,1H3;2H,1H3;2*1H4;1H;;;;;2*1H;. The number of aliphatic hydroxyl groups is 1. The Morgan fingerprint density at radius 1 is 0.465 bits per heavy atom. The molecule has 6 N–H and O–H groups in total. The van der Waals surface area contributed by atoms with Gasteiger partial charge in [-0.3, -0.25) is 38.2 Å². The van der Waals surface area contributed by atoms with Gasteiger partial charge in [0, 0.05) is 106 Å². The van der Waals surface area contributed by atoms with Crippen LogP contribution in [-0.2, 0) is 111 Å². The van der Waals surface area contributed by atoms with E-state index in [-0.39, 0.29) is 258 Å². The number of aliphatic hydroxyl groups excluding tert-OH is 1. The Kier molecular flexibility index (Phi) is 114. The van der Waals surface area contributed by atoms with Crippen LogP contribution < -0.4 is 16.2 Å². The summed E-state index contributed by atoms with van der Waals surface area (Å²) in [7, 11) is 1.31. The van der Waals surface area contributed by atoms with Gasteiger partial charge in [0.25, 0.3) is 0 Å². The molecular formula is C95H155BrCl5F13N10O15S2Zn. The van der Waals surface area contributed by atoms with E-state index in [1.54, 1.807) is 46.1 Å². The van der Waals surface area contributed by atoms with Gasteiger partial charge in [0.05, 0.1) is 111 Å². The van der Waals surface area contributed by atoms with Gasteiger partial charge in [-0.05, 0) is 178 Å². The normalized spacial score (nSPS) is 11.7. The molecule has 0 saturated carbocycles. The van der Waals surface area contributed by atoms with Crippen LogP contribution in [0.15, 0.2) is 98.5 Å². The average Bonchev–Trinajstić information content (AvgIpc) is 0.816. The first kappa shape index (κ1) is 171. The number of nitrogens with one attached hydrogen (secondary N) is 1. The summed E-state index contributed by atoms with van der Waals surface area (Å²) in [5.74, 6) is -3.98. The number of hydrogen-bond acceptors (Lipinski definition) is 20. The van der Waals surface area contributed by atoms with Crippen LogP contribution in [0.25, 0.3) is 14.5 Å². The summed E-state index contributed by atoms with van der Waals surface area (Å²) in [6.07, 6.45) is 18.6. The smallest absolute Gasteiger partial charge is 0.316 e. The van der Waals surface area contributed by atoms with E-state index in [0.29, 0.717) is 44.6 Å². The fourth-order valence-corrected chi connectivity index (χ4v) is 13.0. The quantitative estimate of drug-likeness (QED) is 0.00473. The second kappa shape index (κ2) is 94.6. The fraction of sp³-hybridized carbons (Fsp3) is 0.611. The van der Waals surface area contributed by atoms with Crippen LogP contribution in [0, 0.1) is 81.5 Å². The van der Waals surface area contributed by atoms with Gasteiger partial charge in [0.1, 0.15) is 49.2 Å². The van der Waals surface area contributed by atoms with Crippen molar-refractivity contribution in [2.75, 3.05) is 53.1 Å². The van der Waals surface area contributed by atoms with Gasteiger partial charge in [-0.1, -0.05) is 197 Å². The van der Waals surface area contributed by atoms with E-state index in [2.05, 4.69) is 117 Å². The number of pyridine rings is 3. The van der Waals surface area contributed by atoms with Crippen LogP contribution in [0.3, 0.4) is 0 Å². The van der Waals surface area contributed by atoms with Gasteiger partial charge in [0.2, 0.25) is 17.1 Å². The molecule has 142 heavy (non-hydrogen) atoms. The molecule has 25 nitrogen and oxygen atoms in total.